The molecule has 1 aliphatic carbocycles. The first-order valence-electron chi connectivity index (χ1n) is 4.75. The molecule has 2 rings (SSSR count). The molecule has 1 aliphatic heterocycles. The van der Waals surface area contributed by atoms with Crippen LogP contribution < -0.4 is 5.73 Å². The molecule has 68 valence electrons. The van der Waals surface area contributed by atoms with E-state index in [0.29, 0.717) is 11.6 Å². The van der Waals surface area contributed by atoms with Gasteiger partial charge in [0.25, 0.3) is 0 Å². The van der Waals surface area contributed by atoms with Crippen LogP contribution >= 0.6 is 0 Å². The van der Waals surface area contributed by atoms with Gasteiger partial charge < -0.3 is 10.6 Å². The summed E-state index contributed by atoms with van der Waals surface area (Å²) in [6.45, 7) is 5.30. The Hall–Kier alpha value is -0.730. The van der Waals surface area contributed by atoms with Crippen molar-refractivity contribution >= 4 is 5.96 Å². The smallest absolute Gasteiger partial charge is 0.192 e. The minimum absolute atomic E-state index is 0.332. The Balaban J connectivity index is 2.19. The lowest BCUT2D eigenvalue weighted by Gasteiger charge is -2.48. The van der Waals surface area contributed by atoms with Gasteiger partial charge in [-0.15, -0.1) is 0 Å². The molecule has 0 aromatic heterocycles. The quantitative estimate of drug-likeness (QED) is 0.631. The monoisotopic (exact) mass is 167 g/mol. The SMILES string of the molecule is CC(C)N1C(N)=NCC12CCC2. The minimum Gasteiger partial charge on any atom is -0.370 e. The number of hydrogen-bond acceptors (Lipinski definition) is 3. The van der Waals surface area contributed by atoms with Crippen molar-refractivity contribution in [2.24, 2.45) is 10.7 Å². The lowest BCUT2D eigenvalue weighted by Crippen LogP contribution is -2.58. The number of hydrogen-bond donors (Lipinski definition) is 1. The summed E-state index contributed by atoms with van der Waals surface area (Å²) >= 11 is 0. The topological polar surface area (TPSA) is 41.6 Å². The fraction of sp³-hybridized carbons (Fsp3) is 0.889. The standard InChI is InChI=1S/C9H17N3/c1-7(2)12-8(10)11-6-9(12)4-3-5-9/h7H,3-6H2,1-2H3,(H2,10,11). The Labute approximate surface area is 73.6 Å². The molecule has 0 atom stereocenters. The number of aliphatic imine (C=N–C) groups is 1. The Morgan fingerprint density at radius 2 is 2.17 bits per heavy atom. The molecule has 0 unspecified atom stereocenters. The van der Waals surface area contributed by atoms with Gasteiger partial charge in [-0.05, 0) is 33.1 Å². The van der Waals surface area contributed by atoms with E-state index in [4.69, 9.17) is 5.73 Å². The molecule has 1 fully saturated rings. The van der Waals surface area contributed by atoms with Gasteiger partial charge in [-0.25, -0.2) is 0 Å². The summed E-state index contributed by atoms with van der Waals surface area (Å²) in [5.74, 6) is 0.754. The number of nitrogens with zero attached hydrogens (tertiary/aromatic N) is 2. The van der Waals surface area contributed by atoms with E-state index in [0.717, 1.165) is 12.5 Å². The van der Waals surface area contributed by atoms with Crippen LogP contribution in [0.15, 0.2) is 4.99 Å². The summed E-state index contributed by atoms with van der Waals surface area (Å²) in [5.41, 5.74) is 6.17. The summed E-state index contributed by atoms with van der Waals surface area (Å²) in [6.07, 6.45) is 3.89. The predicted octanol–water partition coefficient (Wildman–Crippen LogP) is 0.948. The van der Waals surface area contributed by atoms with E-state index in [9.17, 15) is 0 Å². The van der Waals surface area contributed by atoms with Crippen molar-refractivity contribution in [3.63, 3.8) is 0 Å². The fourth-order valence-electron chi connectivity index (χ4n) is 2.42. The summed E-state index contributed by atoms with van der Waals surface area (Å²) in [6, 6.07) is 0.497. The van der Waals surface area contributed by atoms with Gasteiger partial charge in [0.05, 0.1) is 12.1 Å². The van der Waals surface area contributed by atoms with Crippen molar-refractivity contribution in [1.29, 1.82) is 0 Å². The van der Waals surface area contributed by atoms with Crippen LogP contribution in [0, 0.1) is 0 Å². The van der Waals surface area contributed by atoms with Crippen LogP contribution in [0.3, 0.4) is 0 Å². The predicted molar refractivity (Wildman–Crippen MR) is 50.0 cm³/mol. The third kappa shape index (κ3) is 0.853. The summed E-state index contributed by atoms with van der Waals surface area (Å²) in [5, 5.41) is 0. The molecular formula is C9H17N3. The molecule has 3 nitrogen and oxygen atoms in total. The van der Waals surface area contributed by atoms with Crippen molar-refractivity contribution in [2.45, 2.75) is 44.7 Å². The molecule has 0 aromatic carbocycles. The van der Waals surface area contributed by atoms with E-state index >= 15 is 0 Å². The van der Waals surface area contributed by atoms with Crippen molar-refractivity contribution in [3.8, 4) is 0 Å². The van der Waals surface area contributed by atoms with Gasteiger partial charge in [-0.1, -0.05) is 0 Å². The van der Waals surface area contributed by atoms with Gasteiger partial charge in [-0.2, -0.15) is 0 Å². The van der Waals surface area contributed by atoms with Gasteiger partial charge >= 0.3 is 0 Å². The van der Waals surface area contributed by atoms with Crippen LogP contribution in [0.25, 0.3) is 0 Å². The van der Waals surface area contributed by atoms with Crippen LogP contribution in [0.4, 0.5) is 0 Å². The first kappa shape index (κ1) is 7.90. The Bertz CT molecular complexity index is 216. The zero-order chi connectivity index (χ0) is 8.77. The highest BCUT2D eigenvalue weighted by Gasteiger charge is 2.47. The van der Waals surface area contributed by atoms with Crippen LogP contribution in [-0.2, 0) is 0 Å². The van der Waals surface area contributed by atoms with Crippen LogP contribution in [-0.4, -0.2) is 29.0 Å². The molecule has 1 saturated carbocycles. The van der Waals surface area contributed by atoms with E-state index < -0.39 is 0 Å². The van der Waals surface area contributed by atoms with Crippen LogP contribution in [0.1, 0.15) is 33.1 Å². The van der Waals surface area contributed by atoms with Crippen molar-refractivity contribution in [1.82, 2.24) is 4.90 Å². The molecule has 2 aliphatic rings. The maximum atomic E-state index is 5.84. The number of nitrogens with two attached hydrogens (primary N) is 1. The average Bonchev–Trinajstić information content (AvgIpc) is 2.25. The van der Waals surface area contributed by atoms with Gasteiger partial charge in [0, 0.05) is 6.04 Å². The molecule has 0 saturated heterocycles. The van der Waals surface area contributed by atoms with Crippen LogP contribution in [0.2, 0.25) is 0 Å². The van der Waals surface area contributed by atoms with E-state index in [2.05, 4.69) is 23.7 Å². The molecule has 0 aromatic rings. The molecule has 0 radical (unpaired) electrons. The van der Waals surface area contributed by atoms with Gasteiger partial charge in [0.2, 0.25) is 0 Å². The Kier molecular flexibility index (Phi) is 1.56. The average molecular weight is 167 g/mol. The molecule has 2 N–H and O–H groups in total. The third-order valence-electron chi connectivity index (χ3n) is 3.09. The maximum absolute atomic E-state index is 5.84. The molecule has 1 spiro atoms. The van der Waals surface area contributed by atoms with Crippen molar-refractivity contribution < 1.29 is 0 Å². The second kappa shape index (κ2) is 2.38. The van der Waals surface area contributed by atoms with Crippen molar-refractivity contribution in [2.75, 3.05) is 6.54 Å². The minimum atomic E-state index is 0.332. The Morgan fingerprint density at radius 1 is 1.50 bits per heavy atom. The molecule has 3 heteroatoms. The van der Waals surface area contributed by atoms with Crippen molar-refractivity contribution in [3.05, 3.63) is 0 Å². The normalized spacial score (nSPS) is 26.2. The highest BCUT2D eigenvalue weighted by atomic mass is 15.4. The lowest BCUT2D eigenvalue weighted by molar-refractivity contribution is 0.0781. The zero-order valence-electron chi connectivity index (χ0n) is 7.88. The first-order valence-corrected chi connectivity index (χ1v) is 4.75. The van der Waals surface area contributed by atoms with Gasteiger partial charge in [-0.3, -0.25) is 4.99 Å². The molecular weight excluding hydrogens is 150 g/mol. The maximum Gasteiger partial charge on any atom is 0.192 e. The summed E-state index contributed by atoms with van der Waals surface area (Å²) in [4.78, 5) is 6.64. The third-order valence-corrected chi connectivity index (χ3v) is 3.09. The number of guanidine groups is 1. The van der Waals surface area contributed by atoms with E-state index in [1.54, 1.807) is 0 Å². The second-order valence-corrected chi connectivity index (χ2v) is 4.22. The molecule has 0 bridgehead atoms. The van der Waals surface area contributed by atoms with Crippen LogP contribution in [0.5, 0.6) is 0 Å². The highest BCUT2D eigenvalue weighted by molar-refractivity contribution is 5.81. The number of rotatable bonds is 1. The van der Waals surface area contributed by atoms with Gasteiger partial charge in [0.1, 0.15) is 0 Å². The molecule has 1 heterocycles. The first-order chi connectivity index (χ1) is 5.66. The van der Waals surface area contributed by atoms with E-state index in [1.807, 2.05) is 0 Å². The summed E-state index contributed by atoms with van der Waals surface area (Å²) < 4.78 is 0. The largest absolute Gasteiger partial charge is 0.370 e. The highest BCUT2D eigenvalue weighted by Crippen LogP contribution is 2.41. The van der Waals surface area contributed by atoms with Gasteiger partial charge in [0.15, 0.2) is 5.96 Å². The molecule has 0 amide bonds. The second-order valence-electron chi connectivity index (χ2n) is 4.22. The van der Waals surface area contributed by atoms with E-state index in [1.165, 1.54) is 19.3 Å². The lowest BCUT2D eigenvalue weighted by atomic mass is 9.75. The zero-order valence-corrected chi connectivity index (χ0v) is 7.88. The Morgan fingerprint density at radius 3 is 2.50 bits per heavy atom. The fourth-order valence-corrected chi connectivity index (χ4v) is 2.42. The molecule has 12 heavy (non-hydrogen) atoms. The van der Waals surface area contributed by atoms with E-state index in [-0.39, 0.29) is 0 Å². The summed E-state index contributed by atoms with van der Waals surface area (Å²) in [7, 11) is 0.